The molecular weight excluding hydrogens is 315 g/mol. The molecule has 1 saturated heterocycles. The zero-order valence-corrected chi connectivity index (χ0v) is 13.4. The first-order valence-corrected chi connectivity index (χ1v) is 8.01. The van der Waals surface area contributed by atoms with Gasteiger partial charge in [-0.15, -0.1) is 0 Å². The van der Waals surface area contributed by atoms with Crippen LogP contribution < -0.4 is 5.73 Å². The Labute approximate surface area is 139 Å². The summed E-state index contributed by atoms with van der Waals surface area (Å²) in [4.78, 5) is 14.1. The fraction of sp³-hybridized carbons (Fsp3) is 0.278. The van der Waals surface area contributed by atoms with Gasteiger partial charge in [0.1, 0.15) is 5.82 Å². The van der Waals surface area contributed by atoms with Gasteiger partial charge in [0.25, 0.3) is 5.91 Å². The minimum atomic E-state index is -0.501. The number of halogens is 2. The van der Waals surface area contributed by atoms with E-state index in [1.165, 1.54) is 6.07 Å². The zero-order valence-electron chi connectivity index (χ0n) is 12.6. The third kappa shape index (κ3) is 3.38. The molecule has 0 saturated carbocycles. The molecule has 1 aliphatic heterocycles. The van der Waals surface area contributed by atoms with Gasteiger partial charge in [-0.1, -0.05) is 29.8 Å². The summed E-state index contributed by atoms with van der Waals surface area (Å²) in [6.45, 7) is 1.80. The van der Waals surface area contributed by atoms with Crippen molar-refractivity contribution < 1.29 is 9.18 Å². The number of hydrogen-bond donors (Lipinski definition) is 1. The maximum absolute atomic E-state index is 14.4. The number of nitrogens with two attached hydrogens (primary N) is 1. The molecule has 3 rings (SSSR count). The highest BCUT2D eigenvalue weighted by Crippen LogP contribution is 2.25. The summed E-state index contributed by atoms with van der Waals surface area (Å²) in [6, 6.07) is 11.9. The molecule has 0 bridgehead atoms. The second kappa shape index (κ2) is 6.69. The van der Waals surface area contributed by atoms with Gasteiger partial charge in [0.2, 0.25) is 0 Å². The molecule has 2 N–H and O–H groups in total. The molecule has 23 heavy (non-hydrogen) atoms. The quantitative estimate of drug-likeness (QED) is 0.934. The van der Waals surface area contributed by atoms with Gasteiger partial charge in [0.05, 0.1) is 5.56 Å². The predicted octanol–water partition coefficient (Wildman–Crippen LogP) is 3.57. The third-order valence-electron chi connectivity index (χ3n) is 4.28. The average molecular weight is 333 g/mol. The van der Waals surface area contributed by atoms with Crippen molar-refractivity contribution >= 4 is 17.5 Å². The molecule has 0 aliphatic carbocycles. The van der Waals surface area contributed by atoms with Gasteiger partial charge in [-0.3, -0.25) is 4.79 Å². The maximum Gasteiger partial charge on any atom is 0.256 e. The number of likely N-dealkylation sites (tertiary alicyclic amines) is 1. The van der Waals surface area contributed by atoms with Crippen LogP contribution >= 0.6 is 11.6 Å². The smallest absolute Gasteiger partial charge is 0.256 e. The lowest BCUT2D eigenvalue weighted by molar-refractivity contribution is 0.0783. The molecule has 1 atom stereocenters. The molecule has 0 aromatic heterocycles. The SMILES string of the molecule is NC[C@H]1CCN(C(=O)c2ccc(-c3ccc(Cl)cc3)cc2F)C1. The fourth-order valence-electron chi connectivity index (χ4n) is 2.89. The van der Waals surface area contributed by atoms with Crippen molar-refractivity contribution in [2.45, 2.75) is 6.42 Å². The second-order valence-corrected chi connectivity index (χ2v) is 6.28. The van der Waals surface area contributed by atoms with Crippen LogP contribution in [0.2, 0.25) is 5.02 Å². The van der Waals surface area contributed by atoms with E-state index in [1.54, 1.807) is 29.2 Å². The molecule has 0 radical (unpaired) electrons. The summed E-state index contributed by atoms with van der Waals surface area (Å²) in [7, 11) is 0. The number of carbonyl (C=O) groups excluding carboxylic acids is 1. The Morgan fingerprint density at radius 1 is 1.22 bits per heavy atom. The van der Waals surface area contributed by atoms with Crippen molar-refractivity contribution in [3.8, 4) is 11.1 Å². The monoisotopic (exact) mass is 332 g/mol. The highest BCUT2D eigenvalue weighted by molar-refractivity contribution is 6.30. The molecule has 1 fully saturated rings. The van der Waals surface area contributed by atoms with Crippen LogP contribution in [0.3, 0.4) is 0 Å². The van der Waals surface area contributed by atoms with Crippen molar-refractivity contribution in [2.24, 2.45) is 11.7 Å². The molecule has 5 heteroatoms. The summed E-state index contributed by atoms with van der Waals surface area (Å²) < 4.78 is 14.4. The van der Waals surface area contributed by atoms with E-state index in [0.29, 0.717) is 30.6 Å². The number of nitrogens with zero attached hydrogens (tertiary/aromatic N) is 1. The number of benzene rings is 2. The highest BCUT2D eigenvalue weighted by atomic mass is 35.5. The van der Waals surface area contributed by atoms with E-state index < -0.39 is 5.82 Å². The molecule has 120 valence electrons. The van der Waals surface area contributed by atoms with Crippen LogP contribution in [0.15, 0.2) is 42.5 Å². The first-order chi connectivity index (χ1) is 11.1. The molecule has 2 aromatic rings. The van der Waals surface area contributed by atoms with E-state index in [0.717, 1.165) is 17.5 Å². The first kappa shape index (κ1) is 16.0. The number of hydrogen-bond acceptors (Lipinski definition) is 2. The van der Waals surface area contributed by atoms with Gasteiger partial charge in [-0.05, 0) is 54.3 Å². The molecule has 2 aromatic carbocycles. The van der Waals surface area contributed by atoms with Crippen molar-refractivity contribution in [1.82, 2.24) is 4.90 Å². The summed E-state index contributed by atoms with van der Waals surface area (Å²) >= 11 is 5.86. The van der Waals surface area contributed by atoms with Crippen molar-refractivity contribution in [2.75, 3.05) is 19.6 Å². The molecule has 1 heterocycles. The zero-order chi connectivity index (χ0) is 16.4. The Hall–Kier alpha value is -1.91. The van der Waals surface area contributed by atoms with Crippen LogP contribution in [0, 0.1) is 11.7 Å². The van der Waals surface area contributed by atoms with Crippen molar-refractivity contribution in [1.29, 1.82) is 0 Å². The number of carbonyl (C=O) groups is 1. The summed E-state index contributed by atoms with van der Waals surface area (Å²) in [5.41, 5.74) is 7.33. The number of amides is 1. The summed E-state index contributed by atoms with van der Waals surface area (Å²) in [5, 5.41) is 0.629. The van der Waals surface area contributed by atoms with E-state index in [1.807, 2.05) is 12.1 Å². The van der Waals surface area contributed by atoms with Gasteiger partial charge in [0, 0.05) is 18.1 Å². The van der Waals surface area contributed by atoms with E-state index in [-0.39, 0.29) is 11.5 Å². The molecule has 0 unspecified atom stereocenters. The lowest BCUT2D eigenvalue weighted by Crippen LogP contribution is -2.30. The Balaban J connectivity index is 1.82. The van der Waals surface area contributed by atoms with Gasteiger partial charge in [0.15, 0.2) is 0 Å². The topological polar surface area (TPSA) is 46.3 Å². The lowest BCUT2D eigenvalue weighted by atomic mass is 10.0. The van der Waals surface area contributed by atoms with E-state index in [2.05, 4.69) is 0 Å². The van der Waals surface area contributed by atoms with E-state index >= 15 is 0 Å². The Kier molecular flexibility index (Phi) is 4.64. The average Bonchev–Trinajstić information content (AvgIpc) is 3.04. The largest absolute Gasteiger partial charge is 0.338 e. The molecule has 1 aliphatic rings. The van der Waals surface area contributed by atoms with Crippen LogP contribution in [0.5, 0.6) is 0 Å². The van der Waals surface area contributed by atoms with Crippen LogP contribution in [-0.4, -0.2) is 30.4 Å². The van der Waals surface area contributed by atoms with Crippen molar-refractivity contribution in [3.05, 3.63) is 58.9 Å². The van der Waals surface area contributed by atoms with Crippen LogP contribution in [0.25, 0.3) is 11.1 Å². The molecule has 0 spiro atoms. The Morgan fingerprint density at radius 2 is 1.91 bits per heavy atom. The molecule has 1 amide bonds. The standard InChI is InChI=1S/C18H18ClFN2O/c19-15-4-1-13(2-5-15)14-3-6-16(17(20)9-14)18(23)22-8-7-12(10-21)11-22/h1-6,9,12H,7-8,10-11,21H2/t12-/m1/s1. The van der Waals surface area contributed by atoms with Crippen molar-refractivity contribution in [3.63, 3.8) is 0 Å². The van der Waals surface area contributed by atoms with Crippen LogP contribution in [-0.2, 0) is 0 Å². The Bertz CT molecular complexity index is 717. The Morgan fingerprint density at radius 3 is 2.52 bits per heavy atom. The summed E-state index contributed by atoms with van der Waals surface area (Å²) in [5.74, 6) is -0.449. The van der Waals surface area contributed by atoms with E-state index in [4.69, 9.17) is 17.3 Å². The lowest BCUT2D eigenvalue weighted by Gasteiger charge is -2.17. The van der Waals surface area contributed by atoms with Gasteiger partial charge < -0.3 is 10.6 Å². The molecular formula is C18H18ClFN2O. The highest BCUT2D eigenvalue weighted by Gasteiger charge is 2.27. The van der Waals surface area contributed by atoms with E-state index in [9.17, 15) is 9.18 Å². The fourth-order valence-corrected chi connectivity index (χ4v) is 3.02. The van der Waals surface area contributed by atoms with Gasteiger partial charge >= 0.3 is 0 Å². The minimum absolute atomic E-state index is 0.111. The van der Waals surface area contributed by atoms with Gasteiger partial charge in [-0.2, -0.15) is 0 Å². The number of rotatable bonds is 3. The first-order valence-electron chi connectivity index (χ1n) is 7.63. The normalized spacial score (nSPS) is 17.5. The third-order valence-corrected chi connectivity index (χ3v) is 4.54. The van der Waals surface area contributed by atoms with Gasteiger partial charge in [-0.25, -0.2) is 4.39 Å². The maximum atomic E-state index is 14.4. The predicted molar refractivity (Wildman–Crippen MR) is 89.9 cm³/mol. The van der Waals surface area contributed by atoms with Crippen LogP contribution in [0.1, 0.15) is 16.8 Å². The molecule has 3 nitrogen and oxygen atoms in total. The second-order valence-electron chi connectivity index (χ2n) is 5.84. The minimum Gasteiger partial charge on any atom is -0.338 e. The summed E-state index contributed by atoms with van der Waals surface area (Å²) in [6.07, 6.45) is 0.882. The van der Waals surface area contributed by atoms with Crippen LogP contribution in [0.4, 0.5) is 4.39 Å².